The van der Waals surface area contributed by atoms with Crippen LogP contribution in [-0.4, -0.2) is 11.1 Å². The number of benzene rings is 2. The highest BCUT2D eigenvalue weighted by molar-refractivity contribution is 5.86. The molecule has 0 aliphatic rings. The van der Waals surface area contributed by atoms with Gasteiger partial charge in [-0.2, -0.15) is 0 Å². The summed E-state index contributed by atoms with van der Waals surface area (Å²) in [6.45, 7) is 1.98. The second kappa shape index (κ2) is 6.70. The number of rotatable bonds is 5. The van der Waals surface area contributed by atoms with Gasteiger partial charge in [0.2, 0.25) is 0 Å². The highest BCUT2D eigenvalue weighted by atomic mass is 19.1. The molecule has 0 saturated carbocycles. The molecule has 0 unspecified atom stereocenters. The summed E-state index contributed by atoms with van der Waals surface area (Å²) in [6.07, 6.45) is 3.02. The van der Waals surface area contributed by atoms with E-state index in [1.165, 1.54) is 18.2 Å². The highest BCUT2D eigenvalue weighted by Crippen LogP contribution is 2.31. The molecule has 0 radical (unpaired) electrons. The Balaban J connectivity index is 2.41. The van der Waals surface area contributed by atoms with E-state index in [2.05, 4.69) is 0 Å². The van der Waals surface area contributed by atoms with Crippen LogP contribution in [0.1, 0.15) is 18.1 Å². The maximum absolute atomic E-state index is 14.0. The van der Waals surface area contributed by atoms with Gasteiger partial charge in [-0.15, -0.1) is 0 Å². The standard InChI is InChI=1S/C17H15FO3/c1-2-12-6-3-4-9-15(12)21-17-13(10-11-16(19)20)7-5-8-14(17)18/h3-11H,2H2,1H3,(H,19,20)/b11-10+. The van der Waals surface area contributed by atoms with Gasteiger partial charge in [-0.25, -0.2) is 9.18 Å². The molecule has 0 bridgehead atoms. The molecule has 0 aromatic heterocycles. The van der Waals surface area contributed by atoms with Crippen LogP contribution >= 0.6 is 0 Å². The molecule has 0 heterocycles. The van der Waals surface area contributed by atoms with Gasteiger partial charge in [-0.1, -0.05) is 37.3 Å². The summed E-state index contributed by atoms with van der Waals surface area (Å²) >= 11 is 0. The van der Waals surface area contributed by atoms with Crippen LogP contribution in [0.25, 0.3) is 6.08 Å². The maximum Gasteiger partial charge on any atom is 0.328 e. The third kappa shape index (κ3) is 3.69. The van der Waals surface area contributed by atoms with Crippen LogP contribution in [0.5, 0.6) is 11.5 Å². The second-order valence-corrected chi connectivity index (χ2v) is 4.39. The number of carboxylic acids is 1. The molecule has 0 aliphatic carbocycles. The molecule has 2 aromatic carbocycles. The van der Waals surface area contributed by atoms with Crippen molar-refractivity contribution >= 4 is 12.0 Å². The van der Waals surface area contributed by atoms with Crippen molar-refractivity contribution in [2.24, 2.45) is 0 Å². The molecule has 1 N–H and O–H groups in total. The van der Waals surface area contributed by atoms with Crippen LogP contribution < -0.4 is 4.74 Å². The number of halogens is 1. The van der Waals surface area contributed by atoms with Gasteiger partial charge in [0.1, 0.15) is 5.75 Å². The molecule has 0 saturated heterocycles. The lowest BCUT2D eigenvalue weighted by molar-refractivity contribution is -0.131. The maximum atomic E-state index is 14.0. The van der Waals surface area contributed by atoms with Gasteiger partial charge in [0.25, 0.3) is 0 Å². The fraction of sp³-hybridized carbons (Fsp3) is 0.118. The van der Waals surface area contributed by atoms with Crippen molar-refractivity contribution in [3.63, 3.8) is 0 Å². The van der Waals surface area contributed by atoms with Gasteiger partial charge in [0.05, 0.1) is 0 Å². The molecule has 2 rings (SSSR count). The van der Waals surface area contributed by atoms with Gasteiger partial charge in [-0.05, 0) is 30.2 Å². The molecule has 4 heteroatoms. The monoisotopic (exact) mass is 286 g/mol. The fourth-order valence-electron chi connectivity index (χ4n) is 1.93. The van der Waals surface area contributed by atoms with Gasteiger partial charge in [0.15, 0.2) is 11.6 Å². The Kier molecular flexibility index (Phi) is 4.72. The summed E-state index contributed by atoms with van der Waals surface area (Å²) in [4.78, 5) is 10.6. The Hall–Kier alpha value is -2.62. The summed E-state index contributed by atoms with van der Waals surface area (Å²) in [5.41, 5.74) is 1.33. The zero-order chi connectivity index (χ0) is 15.2. The van der Waals surface area contributed by atoms with Crippen LogP contribution in [0.2, 0.25) is 0 Å². The number of ether oxygens (including phenoxy) is 1. The van der Waals surface area contributed by atoms with E-state index < -0.39 is 11.8 Å². The van der Waals surface area contributed by atoms with Gasteiger partial charge >= 0.3 is 5.97 Å². The van der Waals surface area contributed by atoms with E-state index in [1.807, 2.05) is 25.1 Å². The lowest BCUT2D eigenvalue weighted by atomic mass is 10.1. The summed E-state index contributed by atoms with van der Waals surface area (Å²) in [5.74, 6) is -1.04. The van der Waals surface area contributed by atoms with E-state index in [-0.39, 0.29) is 5.75 Å². The van der Waals surface area contributed by atoms with E-state index in [1.54, 1.807) is 12.1 Å². The summed E-state index contributed by atoms with van der Waals surface area (Å²) in [7, 11) is 0. The third-order valence-electron chi connectivity index (χ3n) is 2.97. The number of carboxylic acid groups (broad SMARTS) is 1. The zero-order valence-corrected chi connectivity index (χ0v) is 11.5. The number of aryl methyl sites for hydroxylation is 1. The van der Waals surface area contributed by atoms with Crippen molar-refractivity contribution in [2.45, 2.75) is 13.3 Å². The molecule has 2 aromatic rings. The molecule has 0 atom stereocenters. The zero-order valence-electron chi connectivity index (χ0n) is 11.5. The number of para-hydroxylation sites is 2. The average Bonchev–Trinajstić information content (AvgIpc) is 2.48. The third-order valence-corrected chi connectivity index (χ3v) is 2.97. The molecule has 0 spiro atoms. The first-order valence-corrected chi connectivity index (χ1v) is 6.57. The topological polar surface area (TPSA) is 46.5 Å². The van der Waals surface area contributed by atoms with Crippen molar-refractivity contribution in [3.05, 3.63) is 65.5 Å². The number of hydrogen-bond acceptors (Lipinski definition) is 2. The van der Waals surface area contributed by atoms with Crippen molar-refractivity contribution in [1.29, 1.82) is 0 Å². The van der Waals surface area contributed by atoms with Gasteiger partial charge in [-0.3, -0.25) is 0 Å². The second-order valence-electron chi connectivity index (χ2n) is 4.39. The van der Waals surface area contributed by atoms with E-state index in [4.69, 9.17) is 9.84 Å². The smallest absolute Gasteiger partial charge is 0.328 e. The van der Waals surface area contributed by atoms with Crippen molar-refractivity contribution in [3.8, 4) is 11.5 Å². The Labute approximate surface area is 122 Å². The SMILES string of the molecule is CCc1ccccc1Oc1c(F)cccc1/C=C/C(=O)O. The predicted octanol–water partition coefficient (Wildman–Crippen LogP) is 4.28. The number of aliphatic carboxylic acids is 1. The van der Waals surface area contributed by atoms with Crippen LogP contribution in [0.15, 0.2) is 48.5 Å². The van der Waals surface area contributed by atoms with Crippen LogP contribution in [0.4, 0.5) is 4.39 Å². The summed E-state index contributed by atoms with van der Waals surface area (Å²) in [6, 6.07) is 11.8. The Morgan fingerprint density at radius 3 is 2.71 bits per heavy atom. The average molecular weight is 286 g/mol. The minimum absolute atomic E-state index is 0.0240. The van der Waals surface area contributed by atoms with Crippen LogP contribution in [0.3, 0.4) is 0 Å². The van der Waals surface area contributed by atoms with Crippen molar-refractivity contribution in [1.82, 2.24) is 0 Å². The van der Waals surface area contributed by atoms with Crippen molar-refractivity contribution in [2.75, 3.05) is 0 Å². The minimum Gasteiger partial charge on any atom is -0.478 e. The first-order chi connectivity index (χ1) is 10.1. The number of carbonyl (C=O) groups is 1. The van der Waals surface area contributed by atoms with E-state index in [0.717, 1.165) is 18.1 Å². The molecule has 108 valence electrons. The molecule has 0 fully saturated rings. The van der Waals surface area contributed by atoms with E-state index in [0.29, 0.717) is 11.3 Å². The van der Waals surface area contributed by atoms with Gasteiger partial charge < -0.3 is 9.84 Å². The minimum atomic E-state index is -1.10. The summed E-state index contributed by atoms with van der Waals surface area (Å²) in [5, 5.41) is 8.69. The molecule has 0 aliphatic heterocycles. The number of hydrogen-bond donors (Lipinski definition) is 1. The Morgan fingerprint density at radius 1 is 1.24 bits per heavy atom. The van der Waals surface area contributed by atoms with E-state index >= 15 is 0 Å². The molecule has 0 amide bonds. The Bertz CT molecular complexity index is 677. The van der Waals surface area contributed by atoms with Crippen molar-refractivity contribution < 1.29 is 19.0 Å². The first kappa shape index (κ1) is 14.8. The van der Waals surface area contributed by atoms with Crippen LogP contribution in [-0.2, 0) is 11.2 Å². The fourth-order valence-corrected chi connectivity index (χ4v) is 1.93. The Morgan fingerprint density at radius 2 is 2.00 bits per heavy atom. The lowest BCUT2D eigenvalue weighted by Crippen LogP contribution is -1.95. The quantitative estimate of drug-likeness (QED) is 0.834. The largest absolute Gasteiger partial charge is 0.478 e. The van der Waals surface area contributed by atoms with Gasteiger partial charge in [0, 0.05) is 11.6 Å². The molecule has 3 nitrogen and oxygen atoms in total. The molecular formula is C17H15FO3. The lowest BCUT2D eigenvalue weighted by Gasteiger charge is -2.12. The van der Waals surface area contributed by atoms with Crippen LogP contribution in [0, 0.1) is 5.82 Å². The highest BCUT2D eigenvalue weighted by Gasteiger charge is 2.11. The summed E-state index contributed by atoms with van der Waals surface area (Å²) < 4.78 is 19.7. The first-order valence-electron chi connectivity index (χ1n) is 6.57. The molecule has 21 heavy (non-hydrogen) atoms. The normalized spacial score (nSPS) is 10.8. The molecular weight excluding hydrogens is 271 g/mol. The predicted molar refractivity (Wildman–Crippen MR) is 79.0 cm³/mol. The van der Waals surface area contributed by atoms with E-state index in [9.17, 15) is 9.18 Å².